The van der Waals surface area contributed by atoms with E-state index in [1.807, 2.05) is 30.3 Å². The molecular formula is C26H20ClN5O4. The lowest BCUT2D eigenvalue weighted by Gasteiger charge is -2.23. The topological polar surface area (TPSA) is 125 Å². The van der Waals surface area contributed by atoms with E-state index >= 15 is 0 Å². The number of amides is 2. The molecule has 180 valence electrons. The summed E-state index contributed by atoms with van der Waals surface area (Å²) in [5.74, 6) is -0.457. The van der Waals surface area contributed by atoms with Gasteiger partial charge in [-0.1, -0.05) is 29.8 Å². The Labute approximate surface area is 210 Å². The first-order valence-electron chi connectivity index (χ1n) is 11.0. The molecule has 1 atom stereocenters. The SMILES string of the molecule is O=C1C[C@@H](C(=O)Nc2ccc(Oc3ccccc3)cc2)c2c(nc(Nc3ccc(Cl)cc3)[nH]c2=O)N1. The predicted molar refractivity (Wildman–Crippen MR) is 137 cm³/mol. The first-order valence-corrected chi connectivity index (χ1v) is 11.4. The van der Waals surface area contributed by atoms with Crippen LogP contribution in [0, 0.1) is 0 Å². The second-order valence-electron chi connectivity index (χ2n) is 8.04. The van der Waals surface area contributed by atoms with Crippen molar-refractivity contribution in [1.29, 1.82) is 0 Å². The number of para-hydroxylation sites is 1. The van der Waals surface area contributed by atoms with Crippen LogP contribution in [0.3, 0.4) is 0 Å². The number of hydrogen-bond donors (Lipinski definition) is 4. The van der Waals surface area contributed by atoms with Crippen molar-refractivity contribution in [3.63, 3.8) is 0 Å². The number of carbonyl (C=O) groups excluding carboxylic acids is 2. The van der Waals surface area contributed by atoms with Crippen molar-refractivity contribution in [1.82, 2.24) is 9.97 Å². The smallest absolute Gasteiger partial charge is 0.258 e. The largest absolute Gasteiger partial charge is 0.457 e. The molecule has 0 aliphatic carbocycles. The number of ether oxygens (including phenoxy) is 1. The lowest BCUT2D eigenvalue weighted by Crippen LogP contribution is -2.36. The number of aromatic amines is 1. The maximum absolute atomic E-state index is 13.1. The number of anilines is 4. The zero-order valence-electron chi connectivity index (χ0n) is 18.7. The van der Waals surface area contributed by atoms with Crippen LogP contribution in [-0.2, 0) is 9.59 Å². The van der Waals surface area contributed by atoms with Gasteiger partial charge in [0.25, 0.3) is 5.56 Å². The normalized spacial score (nSPS) is 14.4. The summed E-state index contributed by atoms with van der Waals surface area (Å²) in [6, 6.07) is 22.9. The molecule has 4 N–H and O–H groups in total. The van der Waals surface area contributed by atoms with Crippen molar-refractivity contribution in [2.45, 2.75) is 12.3 Å². The minimum atomic E-state index is -1.00. The standard InChI is InChI=1S/C26H20ClN5O4/c27-15-6-8-17(9-7-15)29-26-31-23-22(25(35)32-26)20(14-21(33)30-23)24(34)28-16-10-12-19(13-11-16)36-18-4-2-1-3-5-18/h1-13,20H,14H2,(H,28,34)(H3,29,30,31,32,33,35)/t20-/m1/s1. The molecule has 4 aromatic rings. The third-order valence-electron chi connectivity index (χ3n) is 5.48. The minimum Gasteiger partial charge on any atom is -0.457 e. The Bertz CT molecular complexity index is 1470. The summed E-state index contributed by atoms with van der Waals surface area (Å²) in [7, 11) is 0. The van der Waals surface area contributed by atoms with Gasteiger partial charge in [-0.2, -0.15) is 4.98 Å². The summed E-state index contributed by atoms with van der Waals surface area (Å²) < 4.78 is 5.76. The first kappa shape index (κ1) is 23.1. The number of benzene rings is 3. The number of carbonyl (C=O) groups is 2. The molecule has 3 aromatic carbocycles. The van der Waals surface area contributed by atoms with Crippen molar-refractivity contribution < 1.29 is 14.3 Å². The van der Waals surface area contributed by atoms with Crippen LogP contribution < -0.4 is 26.2 Å². The number of fused-ring (bicyclic) bond motifs is 1. The molecule has 2 heterocycles. The zero-order valence-corrected chi connectivity index (χ0v) is 19.5. The maximum atomic E-state index is 13.1. The average Bonchev–Trinajstić information content (AvgIpc) is 2.86. The molecule has 0 spiro atoms. The molecule has 9 nitrogen and oxygen atoms in total. The molecule has 1 aromatic heterocycles. The Hall–Kier alpha value is -4.63. The Morgan fingerprint density at radius 2 is 1.58 bits per heavy atom. The molecule has 0 fully saturated rings. The highest BCUT2D eigenvalue weighted by Crippen LogP contribution is 2.31. The van der Waals surface area contributed by atoms with Gasteiger partial charge in [-0.3, -0.25) is 19.4 Å². The van der Waals surface area contributed by atoms with Crippen LogP contribution in [0.15, 0.2) is 83.7 Å². The summed E-state index contributed by atoms with van der Waals surface area (Å²) in [6.45, 7) is 0. The Morgan fingerprint density at radius 1 is 0.917 bits per heavy atom. The molecule has 0 radical (unpaired) electrons. The molecule has 2 amide bonds. The number of H-pyrrole nitrogens is 1. The second kappa shape index (κ2) is 9.93. The molecule has 0 saturated carbocycles. The van der Waals surface area contributed by atoms with Crippen LogP contribution in [0.1, 0.15) is 17.9 Å². The highest BCUT2D eigenvalue weighted by atomic mass is 35.5. The first-order chi connectivity index (χ1) is 17.4. The highest BCUT2D eigenvalue weighted by Gasteiger charge is 2.34. The van der Waals surface area contributed by atoms with Gasteiger partial charge in [0.05, 0.1) is 11.5 Å². The van der Waals surface area contributed by atoms with E-state index in [-0.39, 0.29) is 23.8 Å². The molecule has 10 heteroatoms. The number of halogens is 1. The fourth-order valence-electron chi connectivity index (χ4n) is 3.78. The van der Waals surface area contributed by atoms with Crippen molar-refractivity contribution in [3.05, 3.63) is 99.8 Å². The Morgan fingerprint density at radius 3 is 2.31 bits per heavy atom. The van der Waals surface area contributed by atoms with Crippen LogP contribution in [0.2, 0.25) is 5.02 Å². The fraction of sp³-hybridized carbons (Fsp3) is 0.0769. The van der Waals surface area contributed by atoms with Gasteiger partial charge < -0.3 is 20.7 Å². The minimum absolute atomic E-state index is 0.0400. The van der Waals surface area contributed by atoms with Crippen LogP contribution >= 0.6 is 11.6 Å². The molecule has 5 rings (SSSR count). The van der Waals surface area contributed by atoms with E-state index in [0.29, 0.717) is 27.9 Å². The van der Waals surface area contributed by atoms with Crippen LogP contribution in [0.25, 0.3) is 0 Å². The van der Waals surface area contributed by atoms with Gasteiger partial charge in [0.15, 0.2) is 0 Å². The van der Waals surface area contributed by atoms with E-state index in [9.17, 15) is 14.4 Å². The average molecular weight is 502 g/mol. The van der Waals surface area contributed by atoms with E-state index in [4.69, 9.17) is 16.3 Å². The predicted octanol–water partition coefficient (Wildman–Crippen LogP) is 5.02. The van der Waals surface area contributed by atoms with E-state index in [2.05, 4.69) is 25.9 Å². The van der Waals surface area contributed by atoms with E-state index in [0.717, 1.165) is 0 Å². The Balaban J connectivity index is 1.33. The van der Waals surface area contributed by atoms with E-state index < -0.39 is 23.3 Å². The molecule has 36 heavy (non-hydrogen) atoms. The molecular weight excluding hydrogens is 482 g/mol. The summed E-state index contributed by atoms with van der Waals surface area (Å²) in [5, 5.41) is 8.87. The molecule has 0 bridgehead atoms. The number of hydrogen-bond acceptors (Lipinski definition) is 6. The molecule has 0 unspecified atom stereocenters. The number of nitrogens with one attached hydrogen (secondary N) is 4. The number of aromatic nitrogens is 2. The van der Waals surface area contributed by atoms with E-state index in [1.54, 1.807) is 48.5 Å². The summed E-state index contributed by atoms with van der Waals surface area (Å²) in [5.41, 5.74) is 0.706. The van der Waals surface area contributed by atoms with Crippen molar-refractivity contribution in [3.8, 4) is 11.5 Å². The van der Waals surface area contributed by atoms with Crippen LogP contribution in [-0.4, -0.2) is 21.8 Å². The van der Waals surface area contributed by atoms with Crippen LogP contribution in [0.5, 0.6) is 11.5 Å². The summed E-state index contributed by atoms with van der Waals surface area (Å²) >= 11 is 5.90. The van der Waals surface area contributed by atoms with Gasteiger partial charge >= 0.3 is 0 Å². The van der Waals surface area contributed by atoms with Gasteiger partial charge in [0.1, 0.15) is 17.3 Å². The number of rotatable bonds is 6. The van der Waals surface area contributed by atoms with Crippen molar-refractivity contribution in [2.24, 2.45) is 0 Å². The van der Waals surface area contributed by atoms with Crippen LogP contribution in [0.4, 0.5) is 23.1 Å². The van der Waals surface area contributed by atoms with E-state index in [1.165, 1.54) is 0 Å². The Kier molecular flexibility index (Phi) is 6.38. The van der Waals surface area contributed by atoms with Gasteiger partial charge in [-0.25, -0.2) is 0 Å². The molecule has 1 aliphatic heterocycles. The van der Waals surface area contributed by atoms with Gasteiger partial charge in [0.2, 0.25) is 17.8 Å². The zero-order chi connectivity index (χ0) is 25.1. The quantitative estimate of drug-likeness (QED) is 0.294. The van der Waals surface area contributed by atoms with Gasteiger partial charge in [0, 0.05) is 22.8 Å². The highest BCUT2D eigenvalue weighted by molar-refractivity contribution is 6.30. The molecule has 0 saturated heterocycles. The maximum Gasteiger partial charge on any atom is 0.258 e. The summed E-state index contributed by atoms with van der Waals surface area (Å²) in [6.07, 6.45) is -0.178. The lowest BCUT2D eigenvalue weighted by molar-refractivity contribution is -0.123. The number of nitrogens with zero attached hydrogens (tertiary/aromatic N) is 1. The van der Waals surface area contributed by atoms with Crippen molar-refractivity contribution in [2.75, 3.05) is 16.0 Å². The molecule has 1 aliphatic rings. The van der Waals surface area contributed by atoms with Gasteiger partial charge in [-0.15, -0.1) is 0 Å². The second-order valence-corrected chi connectivity index (χ2v) is 8.48. The van der Waals surface area contributed by atoms with Crippen molar-refractivity contribution >= 4 is 46.6 Å². The van der Waals surface area contributed by atoms with Gasteiger partial charge in [-0.05, 0) is 60.7 Å². The fourth-order valence-corrected chi connectivity index (χ4v) is 3.91. The monoisotopic (exact) mass is 501 g/mol. The third-order valence-corrected chi connectivity index (χ3v) is 5.73. The lowest BCUT2D eigenvalue weighted by atomic mass is 9.92. The third kappa shape index (κ3) is 5.21. The summed E-state index contributed by atoms with van der Waals surface area (Å²) in [4.78, 5) is 45.3.